The van der Waals surface area contributed by atoms with Crippen molar-refractivity contribution in [3.8, 4) is 0 Å². The van der Waals surface area contributed by atoms with Gasteiger partial charge in [0.2, 0.25) is 0 Å². The molecule has 130 valence electrons. The van der Waals surface area contributed by atoms with Crippen LogP contribution in [0.4, 0.5) is 23.2 Å². The van der Waals surface area contributed by atoms with Crippen molar-refractivity contribution in [2.24, 2.45) is 5.92 Å². The SMILES string of the molecule is CCSc1ccc(F)cc1NNC(=O)C1=CC=CC(C(F)(F)F)C1. The molecule has 0 aliphatic heterocycles. The van der Waals surface area contributed by atoms with Crippen molar-refractivity contribution in [3.05, 3.63) is 47.8 Å². The van der Waals surface area contributed by atoms with Crippen LogP contribution in [0, 0.1) is 11.7 Å². The van der Waals surface area contributed by atoms with Crippen molar-refractivity contribution in [3.63, 3.8) is 0 Å². The lowest BCUT2D eigenvalue weighted by atomic mass is 9.93. The lowest BCUT2D eigenvalue weighted by Crippen LogP contribution is -2.33. The summed E-state index contributed by atoms with van der Waals surface area (Å²) in [6.45, 7) is 1.92. The Morgan fingerprint density at radius 1 is 1.38 bits per heavy atom. The molecule has 0 saturated heterocycles. The van der Waals surface area contributed by atoms with Crippen molar-refractivity contribution in [2.45, 2.75) is 24.4 Å². The summed E-state index contributed by atoms with van der Waals surface area (Å²) in [6, 6.07) is 4.08. The van der Waals surface area contributed by atoms with E-state index in [1.54, 1.807) is 6.07 Å². The zero-order valence-electron chi connectivity index (χ0n) is 12.8. The molecule has 0 saturated carbocycles. The summed E-state index contributed by atoms with van der Waals surface area (Å²) in [5, 5.41) is 0. The van der Waals surface area contributed by atoms with Crippen LogP contribution in [0.3, 0.4) is 0 Å². The Hall–Kier alpha value is -1.96. The normalized spacial score (nSPS) is 17.4. The van der Waals surface area contributed by atoms with Crippen LogP contribution >= 0.6 is 11.8 Å². The van der Waals surface area contributed by atoms with Gasteiger partial charge in [-0.3, -0.25) is 15.6 Å². The fraction of sp³-hybridized carbons (Fsp3) is 0.312. The molecular weight excluding hydrogens is 344 g/mol. The molecule has 8 heteroatoms. The summed E-state index contributed by atoms with van der Waals surface area (Å²) >= 11 is 1.45. The standard InChI is InChI=1S/C16H16F4N2OS/c1-2-24-14-7-6-12(17)9-13(14)21-22-15(23)10-4-3-5-11(8-10)16(18,19)20/h3-7,9,11,21H,2,8H2,1H3,(H,22,23). The van der Waals surface area contributed by atoms with Crippen LogP contribution in [0.25, 0.3) is 0 Å². The second-order valence-corrected chi connectivity index (χ2v) is 6.39. The minimum Gasteiger partial charge on any atom is -0.297 e. The third-order valence-corrected chi connectivity index (χ3v) is 4.30. The molecule has 1 atom stereocenters. The second-order valence-electron chi connectivity index (χ2n) is 5.08. The smallest absolute Gasteiger partial charge is 0.297 e. The Morgan fingerprint density at radius 2 is 2.12 bits per heavy atom. The van der Waals surface area contributed by atoms with Gasteiger partial charge < -0.3 is 0 Å². The molecule has 24 heavy (non-hydrogen) atoms. The highest BCUT2D eigenvalue weighted by Crippen LogP contribution is 2.34. The van der Waals surface area contributed by atoms with E-state index in [4.69, 9.17) is 0 Å². The number of halogens is 4. The number of anilines is 1. The summed E-state index contributed by atoms with van der Waals surface area (Å²) in [5.41, 5.74) is 5.28. The zero-order chi connectivity index (χ0) is 17.7. The van der Waals surface area contributed by atoms with Gasteiger partial charge in [-0.05, 0) is 30.4 Å². The van der Waals surface area contributed by atoms with Gasteiger partial charge in [-0.1, -0.05) is 25.2 Å². The van der Waals surface area contributed by atoms with Crippen LogP contribution in [0.2, 0.25) is 0 Å². The Bertz CT molecular complexity index is 671. The molecule has 1 aliphatic rings. The quantitative estimate of drug-likeness (QED) is 0.463. The average molecular weight is 360 g/mol. The van der Waals surface area contributed by atoms with Crippen molar-refractivity contribution >= 4 is 23.4 Å². The Kier molecular flexibility index (Phi) is 5.93. The predicted octanol–water partition coefficient (Wildman–Crippen LogP) is 4.45. The van der Waals surface area contributed by atoms with Gasteiger partial charge in [-0.2, -0.15) is 13.2 Å². The molecule has 1 aromatic rings. The predicted molar refractivity (Wildman–Crippen MR) is 85.9 cm³/mol. The lowest BCUT2D eigenvalue weighted by molar-refractivity contribution is -0.161. The molecule has 0 spiro atoms. The minimum atomic E-state index is -4.39. The molecular formula is C16H16F4N2OS. The third kappa shape index (κ3) is 4.77. The topological polar surface area (TPSA) is 41.1 Å². The van der Waals surface area contributed by atoms with E-state index in [9.17, 15) is 22.4 Å². The molecule has 2 N–H and O–H groups in total. The highest BCUT2D eigenvalue weighted by Gasteiger charge is 2.39. The van der Waals surface area contributed by atoms with Crippen LogP contribution in [0.5, 0.6) is 0 Å². The largest absolute Gasteiger partial charge is 0.395 e. The molecule has 1 amide bonds. The van der Waals surface area contributed by atoms with Crippen LogP contribution in [-0.2, 0) is 4.79 Å². The first-order chi connectivity index (χ1) is 11.3. The van der Waals surface area contributed by atoms with Gasteiger partial charge in [-0.15, -0.1) is 11.8 Å². The number of nitrogens with one attached hydrogen (secondary N) is 2. The van der Waals surface area contributed by atoms with Crippen molar-refractivity contribution in [1.29, 1.82) is 0 Å². The number of hydrogen-bond donors (Lipinski definition) is 2. The van der Waals surface area contributed by atoms with Gasteiger partial charge in [0.25, 0.3) is 5.91 Å². The number of thioether (sulfide) groups is 1. The number of benzene rings is 1. The van der Waals surface area contributed by atoms with E-state index in [2.05, 4.69) is 10.9 Å². The van der Waals surface area contributed by atoms with Crippen molar-refractivity contribution < 1.29 is 22.4 Å². The van der Waals surface area contributed by atoms with E-state index in [1.165, 1.54) is 36.0 Å². The fourth-order valence-corrected chi connectivity index (χ4v) is 2.90. The first-order valence-corrected chi connectivity index (χ1v) is 8.22. The van der Waals surface area contributed by atoms with Gasteiger partial charge in [0.05, 0.1) is 11.6 Å². The number of carbonyl (C=O) groups is 1. The molecule has 2 rings (SSSR count). The zero-order valence-corrected chi connectivity index (χ0v) is 13.6. The Labute approximate surface area is 141 Å². The van der Waals surface area contributed by atoms with E-state index in [-0.39, 0.29) is 5.57 Å². The maximum atomic E-state index is 13.3. The molecule has 0 fully saturated rings. The summed E-state index contributed by atoms with van der Waals surface area (Å²) in [7, 11) is 0. The number of rotatable bonds is 5. The van der Waals surface area contributed by atoms with Crippen LogP contribution in [-0.4, -0.2) is 17.8 Å². The highest BCUT2D eigenvalue weighted by molar-refractivity contribution is 7.99. The second kappa shape index (κ2) is 7.74. The van der Waals surface area contributed by atoms with Crippen molar-refractivity contribution in [1.82, 2.24) is 5.43 Å². The van der Waals surface area contributed by atoms with Gasteiger partial charge >= 0.3 is 6.18 Å². The molecule has 1 aromatic carbocycles. The van der Waals surface area contributed by atoms with Crippen molar-refractivity contribution in [2.75, 3.05) is 11.2 Å². The Morgan fingerprint density at radius 3 is 2.79 bits per heavy atom. The van der Waals surface area contributed by atoms with Gasteiger partial charge in [0, 0.05) is 10.5 Å². The van der Waals surface area contributed by atoms with E-state index in [0.29, 0.717) is 5.69 Å². The highest BCUT2D eigenvalue weighted by atomic mass is 32.2. The first kappa shape index (κ1) is 18.4. The summed E-state index contributed by atoms with van der Waals surface area (Å²) in [4.78, 5) is 12.8. The van der Waals surface area contributed by atoms with Gasteiger partial charge in [-0.25, -0.2) is 4.39 Å². The summed E-state index contributed by atoms with van der Waals surface area (Å²) in [6.07, 6.45) is -1.24. The molecule has 1 aliphatic carbocycles. The number of hydrogen-bond acceptors (Lipinski definition) is 3. The average Bonchev–Trinajstić information content (AvgIpc) is 2.54. The summed E-state index contributed by atoms with van der Waals surface area (Å²) in [5.74, 6) is -2.09. The van der Waals surface area contributed by atoms with E-state index >= 15 is 0 Å². The molecule has 1 unspecified atom stereocenters. The molecule has 0 aromatic heterocycles. The number of hydrazine groups is 1. The number of alkyl halides is 3. The van der Waals surface area contributed by atoms with Crippen LogP contribution in [0.15, 0.2) is 46.9 Å². The third-order valence-electron chi connectivity index (χ3n) is 3.34. The van der Waals surface area contributed by atoms with E-state index < -0.39 is 30.2 Å². The number of allylic oxidation sites excluding steroid dienone is 3. The van der Waals surface area contributed by atoms with Crippen LogP contribution in [0.1, 0.15) is 13.3 Å². The van der Waals surface area contributed by atoms with Gasteiger partial charge in [0.15, 0.2) is 0 Å². The van der Waals surface area contributed by atoms with Gasteiger partial charge in [0.1, 0.15) is 5.82 Å². The monoisotopic (exact) mass is 360 g/mol. The molecule has 3 nitrogen and oxygen atoms in total. The minimum absolute atomic E-state index is 0.00780. The lowest BCUT2D eigenvalue weighted by Gasteiger charge is -2.21. The number of amides is 1. The van der Waals surface area contributed by atoms with E-state index in [0.717, 1.165) is 16.7 Å². The first-order valence-electron chi connectivity index (χ1n) is 7.24. The summed E-state index contributed by atoms with van der Waals surface area (Å²) < 4.78 is 51.6. The maximum absolute atomic E-state index is 13.3. The number of carbonyl (C=O) groups excluding carboxylic acids is 1. The Balaban J connectivity index is 2.02. The maximum Gasteiger partial charge on any atom is 0.395 e. The van der Waals surface area contributed by atoms with Crippen LogP contribution < -0.4 is 10.9 Å². The molecule has 0 bridgehead atoms. The van der Waals surface area contributed by atoms with E-state index in [1.807, 2.05) is 6.92 Å². The molecule has 0 heterocycles. The molecule has 0 radical (unpaired) electrons. The fourth-order valence-electron chi connectivity index (χ4n) is 2.16.